The molecule has 0 aliphatic carbocycles. The first-order valence-corrected chi connectivity index (χ1v) is 16.2. The van der Waals surface area contributed by atoms with E-state index in [-0.39, 0.29) is 59.4 Å². The minimum Gasteiger partial charge on any atom is -0.469 e. The maximum Gasteiger partial charge on any atom is 0.305 e. The molecule has 1 fully saturated rings. The Bertz CT molecular complexity index is 742. The van der Waals surface area contributed by atoms with E-state index in [2.05, 4.69) is 28.0 Å². The lowest BCUT2D eigenvalue weighted by atomic mass is 10.3. The number of esters is 2. The van der Waals surface area contributed by atoms with E-state index in [1.165, 1.54) is 30.9 Å². The van der Waals surface area contributed by atoms with Crippen LogP contribution >= 0.6 is 51.8 Å². The molecule has 2 amide bonds. The van der Waals surface area contributed by atoms with Gasteiger partial charge in [-0.25, -0.2) is 0 Å². The van der Waals surface area contributed by atoms with Crippen LogP contribution in [0.4, 0.5) is 0 Å². The molecule has 3 atom stereocenters. The summed E-state index contributed by atoms with van der Waals surface area (Å²) in [6.45, 7) is 0.258. The van der Waals surface area contributed by atoms with Gasteiger partial charge in [-0.15, -0.1) is 11.8 Å². The van der Waals surface area contributed by atoms with E-state index in [1.807, 2.05) is 0 Å². The molecule has 1 heterocycles. The lowest BCUT2D eigenvalue weighted by Crippen LogP contribution is -2.32. The topological polar surface area (TPSA) is 124 Å². The van der Waals surface area contributed by atoms with Crippen LogP contribution in [0.1, 0.15) is 57.8 Å². The van der Waals surface area contributed by atoms with Crippen molar-refractivity contribution in [3.8, 4) is 0 Å². The van der Waals surface area contributed by atoms with Gasteiger partial charge in [-0.2, -0.15) is 0 Å². The molecule has 1 aliphatic rings. The van der Waals surface area contributed by atoms with Crippen molar-refractivity contribution in [3.05, 3.63) is 0 Å². The van der Waals surface area contributed by atoms with E-state index in [0.29, 0.717) is 37.9 Å². The summed E-state index contributed by atoms with van der Waals surface area (Å²) in [4.78, 5) is 68.2. The van der Waals surface area contributed by atoms with Gasteiger partial charge < -0.3 is 9.47 Å². The van der Waals surface area contributed by atoms with Crippen molar-refractivity contribution in [1.82, 2.24) is 4.90 Å². The third-order valence-corrected chi connectivity index (χ3v) is 9.10. The second-order valence-corrected chi connectivity index (χ2v) is 12.9. The van der Waals surface area contributed by atoms with Crippen molar-refractivity contribution in [2.75, 3.05) is 38.0 Å². The Morgan fingerprint density at radius 3 is 1.78 bits per heavy atom. The monoisotopic (exact) mass is 601 g/mol. The largest absolute Gasteiger partial charge is 0.469 e. The van der Waals surface area contributed by atoms with Gasteiger partial charge >= 0.3 is 11.9 Å². The quantitative estimate of drug-likeness (QED) is 0.0754. The molecule has 0 aromatic rings. The zero-order valence-corrected chi connectivity index (χ0v) is 25.6. The van der Waals surface area contributed by atoms with Gasteiger partial charge in [0.15, 0.2) is 0 Å². The van der Waals surface area contributed by atoms with Crippen molar-refractivity contribution in [2.45, 2.75) is 63.0 Å². The van der Waals surface area contributed by atoms with Crippen LogP contribution in [0.2, 0.25) is 0 Å². The first-order chi connectivity index (χ1) is 17.1. The number of imide groups is 1. The molecule has 0 bridgehead atoms. The van der Waals surface area contributed by atoms with Crippen LogP contribution in [0.3, 0.4) is 0 Å². The fourth-order valence-corrected chi connectivity index (χ4v) is 6.48. The van der Waals surface area contributed by atoms with E-state index in [9.17, 15) is 28.8 Å². The van der Waals surface area contributed by atoms with Gasteiger partial charge in [-0.3, -0.25) is 33.7 Å². The summed E-state index contributed by atoms with van der Waals surface area (Å²) >= 11 is 1.42. The van der Waals surface area contributed by atoms with Gasteiger partial charge in [0, 0.05) is 50.2 Å². The molecule has 0 saturated carbocycles. The average Bonchev–Trinajstić information content (AvgIpc) is 3.10. The molecule has 36 heavy (non-hydrogen) atoms. The van der Waals surface area contributed by atoms with Crippen LogP contribution in [-0.2, 0) is 38.2 Å². The summed E-state index contributed by atoms with van der Waals surface area (Å²) in [6.07, 6.45) is 4.91. The summed E-state index contributed by atoms with van der Waals surface area (Å²) in [5.74, 6) is 1.75. The van der Waals surface area contributed by atoms with E-state index in [0.717, 1.165) is 24.3 Å². The van der Waals surface area contributed by atoms with Crippen molar-refractivity contribution >= 4 is 86.6 Å². The molecule has 3 unspecified atom stereocenters. The molecule has 1 aliphatic heterocycles. The Morgan fingerprint density at radius 2 is 1.28 bits per heavy atom. The van der Waals surface area contributed by atoms with Gasteiger partial charge in [0.1, 0.15) is 11.0 Å². The molecular formula is C22H37NO8P2S3. The lowest BCUT2D eigenvalue weighted by molar-refractivity contribution is -0.143. The summed E-state index contributed by atoms with van der Waals surface area (Å²) in [5.41, 5.74) is 0.222. The second kappa shape index (κ2) is 22.3. The molecule has 0 spiro atoms. The number of likely N-dealkylation sites (tertiary alicyclic amines) is 1. The van der Waals surface area contributed by atoms with Crippen LogP contribution in [0, 0.1) is 0 Å². The first kappa shape index (κ1) is 35.3. The minimum atomic E-state index is -0.352. The van der Waals surface area contributed by atoms with Gasteiger partial charge in [-0.05, 0) is 31.4 Å². The van der Waals surface area contributed by atoms with Crippen molar-refractivity contribution < 1.29 is 38.2 Å². The number of hydrogen-bond acceptors (Lipinski definition) is 11. The van der Waals surface area contributed by atoms with Crippen LogP contribution < -0.4 is 0 Å². The molecule has 0 aromatic carbocycles. The third kappa shape index (κ3) is 18.6. The third-order valence-electron chi connectivity index (χ3n) is 4.65. The predicted octanol–water partition coefficient (Wildman–Crippen LogP) is 3.49. The predicted molar refractivity (Wildman–Crippen MR) is 153 cm³/mol. The Hall–Kier alpha value is -0.670. The second-order valence-electron chi connectivity index (χ2n) is 7.59. The van der Waals surface area contributed by atoms with Crippen LogP contribution in [0.25, 0.3) is 0 Å². The van der Waals surface area contributed by atoms with Gasteiger partial charge in [0.2, 0.25) is 11.8 Å². The summed E-state index contributed by atoms with van der Waals surface area (Å²) in [7, 11) is 10.5. The molecule has 1 rings (SSSR count). The highest BCUT2D eigenvalue weighted by Crippen LogP contribution is 2.26. The SMILES string of the molecule is COC(=O)CCCN1C(=O)CC(SCCCC(=O)P)C1=O.COC(=O)CCCSSCCCC(=O)P. The molecule has 0 radical (unpaired) electrons. The van der Waals surface area contributed by atoms with Crippen LogP contribution in [0.5, 0.6) is 0 Å². The van der Waals surface area contributed by atoms with Crippen molar-refractivity contribution in [3.63, 3.8) is 0 Å². The maximum atomic E-state index is 12.1. The Labute approximate surface area is 230 Å². The highest BCUT2D eigenvalue weighted by atomic mass is 33.1. The van der Waals surface area contributed by atoms with Gasteiger partial charge in [0.05, 0.1) is 19.5 Å². The van der Waals surface area contributed by atoms with Gasteiger partial charge in [0.25, 0.3) is 0 Å². The Kier molecular flexibility index (Phi) is 21.9. The van der Waals surface area contributed by atoms with E-state index >= 15 is 0 Å². The van der Waals surface area contributed by atoms with E-state index < -0.39 is 0 Å². The van der Waals surface area contributed by atoms with Crippen LogP contribution in [-0.4, -0.2) is 83.0 Å². The molecule has 0 aromatic heterocycles. The summed E-state index contributed by atoms with van der Waals surface area (Å²) < 4.78 is 9.04. The highest BCUT2D eigenvalue weighted by Gasteiger charge is 2.38. The molecule has 9 nitrogen and oxygen atoms in total. The fourth-order valence-electron chi connectivity index (χ4n) is 2.77. The number of carbonyl (C=O) groups excluding carboxylic acids is 6. The molecule has 14 heteroatoms. The Balaban J connectivity index is 0.000000723. The smallest absolute Gasteiger partial charge is 0.305 e. The summed E-state index contributed by atoms with van der Waals surface area (Å²) in [6, 6.07) is 0. The average molecular weight is 602 g/mol. The first-order valence-electron chi connectivity index (χ1n) is 11.5. The van der Waals surface area contributed by atoms with E-state index in [1.54, 1.807) is 21.6 Å². The molecule has 1 saturated heterocycles. The number of rotatable bonds is 18. The summed E-state index contributed by atoms with van der Waals surface area (Å²) in [5, 5.41) is -0.352. The number of carbonyl (C=O) groups is 6. The highest BCUT2D eigenvalue weighted by molar-refractivity contribution is 8.76. The van der Waals surface area contributed by atoms with Crippen molar-refractivity contribution in [2.24, 2.45) is 0 Å². The number of nitrogens with zero attached hydrogens (tertiary/aromatic N) is 1. The normalized spacial score (nSPS) is 14.8. The fraction of sp³-hybridized carbons (Fsp3) is 0.727. The zero-order valence-electron chi connectivity index (χ0n) is 20.9. The standard InChI is InChI=1S/C13H20NO5PS.C9H17O3PS2/c1-19-11(16)4-2-6-14-10(15)8-9(13(14)18)21-7-3-5-12(17)20;1-12-8(10)4-2-6-14-15-7-3-5-9(11)13/h9H,2-8,20H2,1H3;2-7,13H2,1H3. The number of methoxy groups -OCH3 is 2. The van der Waals surface area contributed by atoms with Crippen molar-refractivity contribution in [1.29, 1.82) is 0 Å². The van der Waals surface area contributed by atoms with E-state index in [4.69, 9.17) is 0 Å². The van der Waals surface area contributed by atoms with Gasteiger partial charge in [-0.1, -0.05) is 40.1 Å². The number of amides is 2. The maximum absolute atomic E-state index is 12.1. The molecular weight excluding hydrogens is 564 g/mol. The lowest BCUT2D eigenvalue weighted by Gasteiger charge is -2.14. The van der Waals surface area contributed by atoms with Crippen LogP contribution in [0.15, 0.2) is 0 Å². The molecule has 206 valence electrons. The zero-order chi connectivity index (χ0) is 27.3. The number of ether oxygens (including phenoxy) is 2. The number of thioether (sulfide) groups is 1. The number of hydrogen-bond donors (Lipinski definition) is 0. The molecule has 0 N–H and O–H groups in total. The minimum absolute atomic E-state index is 0.0499. The Morgan fingerprint density at radius 1 is 0.806 bits per heavy atom.